The van der Waals surface area contributed by atoms with Crippen molar-refractivity contribution in [1.29, 1.82) is 0 Å². The summed E-state index contributed by atoms with van der Waals surface area (Å²) in [4.78, 5) is 0. The van der Waals surface area contributed by atoms with Gasteiger partial charge in [-0.1, -0.05) is 54.6 Å². The summed E-state index contributed by atoms with van der Waals surface area (Å²) in [7, 11) is 0. The monoisotopic (exact) mass is 271 g/mol. The van der Waals surface area contributed by atoms with Crippen molar-refractivity contribution >= 4 is 0 Å². The van der Waals surface area contributed by atoms with Gasteiger partial charge in [-0.2, -0.15) is 0 Å². The third kappa shape index (κ3) is 3.67. The van der Waals surface area contributed by atoms with Crippen molar-refractivity contribution in [2.45, 2.75) is 19.1 Å². The SMILES string of the molecule is Cc1ccccc1C(NCC(O)CO)c1ccccc1. The lowest BCUT2D eigenvalue weighted by Crippen LogP contribution is -2.33. The Hall–Kier alpha value is -1.68. The van der Waals surface area contributed by atoms with Crippen LogP contribution in [0.1, 0.15) is 22.7 Å². The molecular formula is C17H21NO2. The summed E-state index contributed by atoms with van der Waals surface area (Å²) in [6.07, 6.45) is -0.745. The zero-order valence-electron chi connectivity index (χ0n) is 11.7. The van der Waals surface area contributed by atoms with Gasteiger partial charge in [0.1, 0.15) is 0 Å². The summed E-state index contributed by atoms with van der Waals surface area (Å²) in [6.45, 7) is 2.20. The van der Waals surface area contributed by atoms with Gasteiger partial charge in [0.25, 0.3) is 0 Å². The minimum Gasteiger partial charge on any atom is -0.394 e. The van der Waals surface area contributed by atoms with E-state index in [4.69, 9.17) is 5.11 Å². The number of benzene rings is 2. The van der Waals surface area contributed by atoms with Crippen molar-refractivity contribution in [2.24, 2.45) is 0 Å². The molecule has 0 aliphatic carbocycles. The number of aliphatic hydroxyl groups excluding tert-OH is 2. The number of aliphatic hydroxyl groups is 2. The van der Waals surface area contributed by atoms with Crippen LogP contribution in [0.25, 0.3) is 0 Å². The van der Waals surface area contributed by atoms with E-state index in [1.165, 1.54) is 11.1 Å². The van der Waals surface area contributed by atoms with Crippen molar-refractivity contribution in [3.63, 3.8) is 0 Å². The highest BCUT2D eigenvalue weighted by Gasteiger charge is 2.16. The highest BCUT2D eigenvalue weighted by molar-refractivity contribution is 5.36. The van der Waals surface area contributed by atoms with E-state index in [0.29, 0.717) is 6.54 Å². The number of rotatable bonds is 6. The van der Waals surface area contributed by atoms with Gasteiger partial charge in [-0.15, -0.1) is 0 Å². The van der Waals surface area contributed by atoms with Gasteiger partial charge in [0.05, 0.1) is 18.8 Å². The Morgan fingerprint density at radius 2 is 1.65 bits per heavy atom. The van der Waals surface area contributed by atoms with E-state index < -0.39 is 6.10 Å². The Labute approximate surface area is 119 Å². The van der Waals surface area contributed by atoms with Crippen LogP contribution in [0.3, 0.4) is 0 Å². The molecule has 2 atom stereocenters. The van der Waals surface area contributed by atoms with Gasteiger partial charge >= 0.3 is 0 Å². The summed E-state index contributed by atoms with van der Waals surface area (Å²) >= 11 is 0. The molecule has 2 rings (SSSR count). The number of hydrogen-bond acceptors (Lipinski definition) is 3. The highest BCUT2D eigenvalue weighted by atomic mass is 16.3. The first kappa shape index (κ1) is 14.7. The molecule has 0 bridgehead atoms. The van der Waals surface area contributed by atoms with Gasteiger partial charge in [0.15, 0.2) is 0 Å². The molecule has 0 heterocycles. The van der Waals surface area contributed by atoms with Crippen molar-refractivity contribution in [2.75, 3.05) is 13.2 Å². The van der Waals surface area contributed by atoms with Gasteiger partial charge in [-0.3, -0.25) is 0 Å². The lowest BCUT2D eigenvalue weighted by atomic mass is 9.95. The molecule has 2 aromatic carbocycles. The standard InChI is InChI=1S/C17H21NO2/c1-13-7-5-6-10-16(13)17(18-11-15(20)12-19)14-8-3-2-4-9-14/h2-10,15,17-20H,11-12H2,1H3. The molecule has 0 aliphatic rings. The van der Waals surface area contributed by atoms with E-state index in [9.17, 15) is 5.11 Å². The smallest absolute Gasteiger partial charge is 0.0895 e. The molecule has 20 heavy (non-hydrogen) atoms. The summed E-state index contributed by atoms with van der Waals surface area (Å²) in [6, 6.07) is 18.3. The Morgan fingerprint density at radius 3 is 2.30 bits per heavy atom. The number of hydrogen-bond donors (Lipinski definition) is 3. The summed E-state index contributed by atoms with van der Waals surface area (Å²) < 4.78 is 0. The molecule has 2 unspecified atom stereocenters. The van der Waals surface area contributed by atoms with Gasteiger partial charge in [0.2, 0.25) is 0 Å². The van der Waals surface area contributed by atoms with Gasteiger partial charge in [0, 0.05) is 6.54 Å². The fraction of sp³-hybridized carbons (Fsp3) is 0.294. The maximum atomic E-state index is 9.56. The number of nitrogens with one attached hydrogen (secondary N) is 1. The van der Waals surface area contributed by atoms with E-state index in [1.807, 2.05) is 30.3 Å². The van der Waals surface area contributed by atoms with Crippen LogP contribution in [0.2, 0.25) is 0 Å². The highest BCUT2D eigenvalue weighted by Crippen LogP contribution is 2.24. The topological polar surface area (TPSA) is 52.5 Å². The van der Waals surface area contributed by atoms with Crippen molar-refractivity contribution in [3.8, 4) is 0 Å². The fourth-order valence-electron chi connectivity index (χ4n) is 2.28. The van der Waals surface area contributed by atoms with Gasteiger partial charge in [-0.05, 0) is 23.6 Å². The van der Waals surface area contributed by atoms with Crippen LogP contribution in [0.5, 0.6) is 0 Å². The molecule has 106 valence electrons. The van der Waals surface area contributed by atoms with Gasteiger partial charge < -0.3 is 15.5 Å². The van der Waals surface area contributed by atoms with Crippen molar-refractivity contribution in [3.05, 3.63) is 71.3 Å². The first-order chi connectivity index (χ1) is 9.72. The molecule has 0 radical (unpaired) electrons. The van der Waals surface area contributed by atoms with Crippen LogP contribution in [0, 0.1) is 6.92 Å². The fourth-order valence-corrected chi connectivity index (χ4v) is 2.28. The zero-order valence-corrected chi connectivity index (χ0v) is 11.7. The predicted molar refractivity (Wildman–Crippen MR) is 80.6 cm³/mol. The molecule has 0 saturated heterocycles. The van der Waals surface area contributed by atoms with Crippen molar-refractivity contribution in [1.82, 2.24) is 5.32 Å². The second-order valence-electron chi connectivity index (χ2n) is 4.94. The maximum absolute atomic E-state index is 9.56. The molecule has 0 amide bonds. The number of aryl methyl sites for hydroxylation is 1. The Balaban J connectivity index is 2.27. The largest absolute Gasteiger partial charge is 0.394 e. The Morgan fingerprint density at radius 1 is 1.00 bits per heavy atom. The van der Waals surface area contributed by atoms with Crippen molar-refractivity contribution < 1.29 is 10.2 Å². The van der Waals surface area contributed by atoms with Crippen LogP contribution in [-0.2, 0) is 0 Å². The maximum Gasteiger partial charge on any atom is 0.0895 e. The molecule has 0 spiro atoms. The van der Waals surface area contributed by atoms with E-state index in [1.54, 1.807) is 0 Å². The molecule has 0 aromatic heterocycles. The van der Waals surface area contributed by atoms with Crippen LogP contribution in [0.15, 0.2) is 54.6 Å². The second-order valence-corrected chi connectivity index (χ2v) is 4.94. The Kier molecular flexibility index (Phi) is 5.30. The molecular weight excluding hydrogens is 250 g/mol. The predicted octanol–water partition coefficient (Wildman–Crippen LogP) is 2.03. The normalized spacial score (nSPS) is 13.9. The molecule has 2 aromatic rings. The molecule has 0 saturated carbocycles. The first-order valence-electron chi connectivity index (χ1n) is 6.85. The van der Waals surface area contributed by atoms with Gasteiger partial charge in [-0.25, -0.2) is 0 Å². The third-order valence-corrected chi connectivity index (χ3v) is 3.40. The third-order valence-electron chi connectivity index (χ3n) is 3.40. The first-order valence-corrected chi connectivity index (χ1v) is 6.85. The van der Waals surface area contributed by atoms with E-state index in [-0.39, 0.29) is 12.6 Å². The van der Waals surface area contributed by atoms with Crippen LogP contribution >= 0.6 is 0 Å². The average molecular weight is 271 g/mol. The lowest BCUT2D eigenvalue weighted by Gasteiger charge is -2.23. The van der Waals surface area contributed by atoms with E-state index in [0.717, 1.165) is 5.56 Å². The molecule has 3 nitrogen and oxygen atoms in total. The second kappa shape index (κ2) is 7.20. The molecule has 3 heteroatoms. The minimum atomic E-state index is -0.745. The summed E-state index contributed by atoms with van der Waals surface area (Å²) in [5.74, 6) is 0. The van der Waals surface area contributed by atoms with Crippen LogP contribution < -0.4 is 5.32 Å². The Bertz CT molecular complexity index is 528. The van der Waals surface area contributed by atoms with Crippen LogP contribution in [0.4, 0.5) is 0 Å². The van der Waals surface area contributed by atoms with E-state index >= 15 is 0 Å². The molecule has 3 N–H and O–H groups in total. The zero-order chi connectivity index (χ0) is 14.4. The lowest BCUT2D eigenvalue weighted by molar-refractivity contribution is 0.0929. The summed E-state index contributed by atoms with van der Waals surface area (Å²) in [5.41, 5.74) is 3.53. The van der Waals surface area contributed by atoms with Crippen LogP contribution in [-0.4, -0.2) is 29.5 Å². The molecule has 0 aliphatic heterocycles. The average Bonchev–Trinajstić information content (AvgIpc) is 2.50. The summed E-state index contributed by atoms with van der Waals surface area (Å²) in [5, 5.41) is 21.8. The van der Waals surface area contributed by atoms with E-state index in [2.05, 4.69) is 36.5 Å². The quantitative estimate of drug-likeness (QED) is 0.753. The minimum absolute atomic E-state index is 0.0126. The molecule has 0 fully saturated rings.